The number of rotatable bonds is 3. The monoisotopic (exact) mass is 261 g/mol. The molecule has 1 unspecified atom stereocenters. The first-order valence-electron chi connectivity index (χ1n) is 3.72. The number of nitriles is 1. The minimum Gasteiger partial charge on any atom is -0.434 e. The molecule has 0 N–H and O–H groups in total. The van der Waals surface area contributed by atoms with Crippen LogP contribution in [0, 0.1) is 11.3 Å². The van der Waals surface area contributed by atoms with Crippen molar-refractivity contribution in [3.05, 3.63) is 29.8 Å². The minimum atomic E-state index is -2.88. The maximum absolute atomic E-state index is 11.9. The molecule has 0 heterocycles. The van der Waals surface area contributed by atoms with Crippen molar-refractivity contribution >= 4 is 15.9 Å². The molecule has 74 valence electrons. The molecule has 1 rings (SSSR count). The van der Waals surface area contributed by atoms with Crippen molar-refractivity contribution in [2.24, 2.45) is 0 Å². The van der Waals surface area contributed by atoms with Crippen LogP contribution in [0.25, 0.3) is 0 Å². The van der Waals surface area contributed by atoms with Gasteiger partial charge in [0.25, 0.3) is 0 Å². The van der Waals surface area contributed by atoms with Crippen LogP contribution in [0.3, 0.4) is 0 Å². The van der Waals surface area contributed by atoms with Gasteiger partial charge in [-0.1, -0.05) is 34.1 Å². The van der Waals surface area contributed by atoms with Gasteiger partial charge in [-0.15, -0.1) is 0 Å². The third-order valence-corrected chi connectivity index (χ3v) is 2.22. The SMILES string of the molecule is N#CC(Br)c1ccccc1OC(F)F. The molecule has 0 amide bonds. The zero-order valence-corrected chi connectivity index (χ0v) is 8.54. The topological polar surface area (TPSA) is 33.0 Å². The van der Waals surface area contributed by atoms with Gasteiger partial charge in [0.1, 0.15) is 10.6 Å². The Kier molecular flexibility index (Phi) is 3.84. The molecule has 0 bridgehead atoms. The molecule has 2 nitrogen and oxygen atoms in total. The van der Waals surface area contributed by atoms with Crippen LogP contribution in [0.5, 0.6) is 5.75 Å². The predicted molar refractivity (Wildman–Crippen MR) is 50.4 cm³/mol. The summed E-state index contributed by atoms with van der Waals surface area (Å²) in [6.45, 7) is -2.88. The molecule has 0 aliphatic heterocycles. The second kappa shape index (κ2) is 4.91. The first-order valence-corrected chi connectivity index (χ1v) is 4.64. The number of ether oxygens (including phenoxy) is 1. The Balaban J connectivity index is 2.98. The van der Waals surface area contributed by atoms with Gasteiger partial charge in [0.2, 0.25) is 0 Å². The second-order valence-corrected chi connectivity index (χ2v) is 3.32. The van der Waals surface area contributed by atoms with E-state index >= 15 is 0 Å². The van der Waals surface area contributed by atoms with E-state index in [-0.39, 0.29) is 5.75 Å². The van der Waals surface area contributed by atoms with Gasteiger partial charge in [-0.05, 0) is 6.07 Å². The van der Waals surface area contributed by atoms with Crippen LogP contribution in [0.2, 0.25) is 0 Å². The van der Waals surface area contributed by atoms with Gasteiger partial charge in [0.05, 0.1) is 6.07 Å². The molecule has 0 saturated carbocycles. The van der Waals surface area contributed by atoms with E-state index in [9.17, 15) is 8.78 Å². The van der Waals surface area contributed by atoms with Gasteiger partial charge < -0.3 is 4.74 Å². The van der Waals surface area contributed by atoms with Gasteiger partial charge in [0.15, 0.2) is 0 Å². The van der Waals surface area contributed by atoms with Crippen LogP contribution in [0.1, 0.15) is 10.4 Å². The highest BCUT2D eigenvalue weighted by atomic mass is 79.9. The zero-order valence-electron chi connectivity index (χ0n) is 6.95. The smallest absolute Gasteiger partial charge is 0.387 e. The fourth-order valence-electron chi connectivity index (χ4n) is 0.963. The highest BCUT2D eigenvalue weighted by Crippen LogP contribution is 2.31. The predicted octanol–water partition coefficient (Wildman–Crippen LogP) is 3.25. The molecular formula is C9H6BrF2NO. The number of halogens is 3. The van der Waals surface area contributed by atoms with Crippen molar-refractivity contribution in [1.29, 1.82) is 5.26 Å². The van der Waals surface area contributed by atoms with E-state index in [1.807, 2.05) is 6.07 Å². The molecule has 5 heteroatoms. The van der Waals surface area contributed by atoms with Gasteiger partial charge in [0, 0.05) is 5.56 Å². The molecule has 1 aromatic carbocycles. The summed E-state index contributed by atoms with van der Waals surface area (Å²) in [5.74, 6) is 0.0194. The minimum absolute atomic E-state index is 0.0194. The van der Waals surface area contributed by atoms with Crippen LogP contribution in [0.4, 0.5) is 8.78 Å². The van der Waals surface area contributed by atoms with E-state index in [2.05, 4.69) is 20.7 Å². The molecule has 1 atom stereocenters. The number of alkyl halides is 3. The summed E-state index contributed by atoms with van der Waals surface area (Å²) in [7, 11) is 0. The summed E-state index contributed by atoms with van der Waals surface area (Å²) in [5, 5.41) is 8.61. The maximum atomic E-state index is 11.9. The Morgan fingerprint density at radius 2 is 2.00 bits per heavy atom. The van der Waals surface area contributed by atoms with E-state index in [0.29, 0.717) is 5.56 Å². The van der Waals surface area contributed by atoms with E-state index in [1.54, 1.807) is 18.2 Å². The Bertz CT molecular complexity index is 351. The Morgan fingerprint density at radius 1 is 1.36 bits per heavy atom. The molecule has 0 radical (unpaired) electrons. The standard InChI is InChI=1S/C9H6BrF2NO/c10-7(5-13)6-3-1-2-4-8(6)14-9(11)12/h1-4,7,9H. The van der Waals surface area contributed by atoms with Crippen molar-refractivity contribution in [1.82, 2.24) is 0 Å². The number of nitrogens with zero attached hydrogens (tertiary/aromatic N) is 1. The van der Waals surface area contributed by atoms with Gasteiger partial charge in [-0.3, -0.25) is 0 Å². The molecule has 0 aliphatic carbocycles. The van der Waals surface area contributed by atoms with Crippen molar-refractivity contribution in [2.75, 3.05) is 0 Å². The summed E-state index contributed by atoms with van der Waals surface area (Å²) in [6, 6.07) is 8.06. The Hall–Kier alpha value is -1.15. The van der Waals surface area contributed by atoms with Crippen molar-refractivity contribution in [3.8, 4) is 11.8 Å². The van der Waals surface area contributed by atoms with Gasteiger partial charge in [-0.25, -0.2) is 0 Å². The van der Waals surface area contributed by atoms with E-state index in [1.165, 1.54) is 6.07 Å². The van der Waals surface area contributed by atoms with Gasteiger partial charge in [-0.2, -0.15) is 14.0 Å². The molecular weight excluding hydrogens is 256 g/mol. The van der Waals surface area contributed by atoms with Crippen molar-refractivity contribution in [3.63, 3.8) is 0 Å². The number of hydrogen-bond donors (Lipinski definition) is 0. The van der Waals surface area contributed by atoms with E-state index in [4.69, 9.17) is 5.26 Å². The van der Waals surface area contributed by atoms with Crippen LogP contribution in [-0.2, 0) is 0 Å². The summed E-state index contributed by atoms with van der Waals surface area (Å²) < 4.78 is 28.1. The molecule has 0 fully saturated rings. The molecule has 0 aliphatic rings. The number of hydrogen-bond acceptors (Lipinski definition) is 2. The second-order valence-electron chi connectivity index (χ2n) is 2.41. The Morgan fingerprint density at radius 3 is 2.57 bits per heavy atom. The van der Waals surface area contributed by atoms with Crippen LogP contribution < -0.4 is 4.74 Å². The van der Waals surface area contributed by atoms with E-state index in [0.717, 1.165) is 0 Å². The zero-order chi connectivity index (χ0) is 10.6. The summed E-state index contributed by atoms with van der Waals surface area (Å²) in [5.41, 5.74) is 0.398. The third-order valence-electron chi connectivity index (χ3n) is 1.52. The quantitative estimate of drug-likeness (QED) is 0.783. The fourth-order valence-corrected chi connectivity index (χ4v) is 1.34. The lowest BCUT2D eigenvalue weighted by molar-refractivity contribution is -0.0503. The molecule has 0 saturated heterocycles. The van der Waals surface area contributed by atoms with Crippen molar-refractivity contribution < 1.29 is 13.5 Å². The lowest BCUT2D eigenvalue weighted by atomic mass is 10.1. The molecule has 0 spiro atoms. The fraction of sp³-hybridized carbons (Fsp3) is 0.222. The largest absolute Gasteiger partial charge is 0.434 e. The lowest BCUT2D eigenvalue weighted by Crippen LogP contribution is -2.04. The highest BCUT2D eigenvalue weighted by molar-refractivity contribution is 9.09. The van der Waals surface area contributed by atoms with Crippen LogP contribution in [-0.4, -0.2) is 6.61 Å². The lowest BCUT2D eigenvalue weighted by Gasteiger charge is -2.10. The normalized spacial score (nSPS) is 12.2. The number of para-hydroxylation sites is 1. The van der Waals surface area contributed by atoms with E-state index < -0.39 is 11.4 Å². The average molecular weight is 262 g/mol. The van der Waals surface area contributed by atoms with Crippen LogP contribution in [0.15, 0.2) is 24.3 Å². The first kappa shape index (κ1) is 10.9. The third kappa shape index (κ3) is 2.67. The molecule has 14 heavy (non-hydrogen) atoms. The van der Waals surface area contributed by atoms with Gasteiger partial charge >= 0.3 is 6.61 Å². The Labute approximate surface area is 88.2 Å². The first-order chi connectivity index (χ1) is 6.65. The summed E-state index contributed by atoms with van der Waals surface area (Å²) >= 11 is 3.04. The average Bonchev–Trinajstić information content (AvgIpc) is 2.16. The number of benzene rings is 1. The van der Waals surface area contributed by atoms with Crippen molar-refractivity contribution in [2.45, 2.75) is 11.4 Å². The highest BCUT2D eigenvalue weighted by Gasteiger charge is 2.14. The molecule has 1 aromatic rings. The van der Waals surface area contributed by atoms with Crippen LogP contribution >= 0.6 is 15.9 Å². The summed E-state index contributed by atoms with van der Waals surface area (Å²) in [4.78, 5) is -0.641. The molecule has 0 aromatic heterocycles. The maximum Gasteiger partial charge on any atom is 0.387 e. The summed E-state index contributed by atoms with van der Waals surface area (Å²) in [6.07, 6.45) is 0.